The number of carboxylic acids is 1. The molecule has 0 unspecified atom stereocenters. The van der Waals surface area contributed by atoms with Crippen molar-refractivity contribution in [1.29, 1.82) is 0 Å². The van der Waals surface area contributed by atoms with E-state index in [9.17, 15) is 4.79 Å². The van der Waals surface area contributed by atoms with Crippen LogP contribution in [0, 0.1) is 0 Å². The second-order valence-electron chi connectivity index (χ2n) is 4.97. The Kier molecular flexibility index (Phi) is 20.7. The summed E-state index contributed by atoms with van der Waals surface area (Å²) in [4.78, 5) is 9.87. The fourth-order valence-electron chi connectivity index (χ4n) is 1.73. The van der Waals surface area contributed by atoms with E-state index in [1.54, 1.807) is 0 Å². The van der Waals surface area contributed by atoms with E-state index in [4.69, 9.17) is 5.11 Å². The molecule has 0 aromatic rings. The van der Waals surface area contributed by atoms with Gasteiger partial charge in [-0.3, -0.25) is 4.79 Å². The molecule has 18 heavy (non-hydrogen) atoms. The summed E-state index contributed by atoms with van der Waals surface area (Å²) in [5, 5.41) is 8.14. The van der Waals surface area contributed by atoms with E-state index in [-0.39, 0.29) is 0 Å². The summed E-state index contributed by atoms with van der Waals surface area (Å²) in [6.07, 6.45) is 14.7. The lowest BCUT2D eigenvalue weighted by Gasteiger charge is -1.97. The normalized spacial score (nSPS) is 9.72. The molecule has 2 nitrogen and oxygen atoms in total. The number of hydrogen-bond donors (Lipinski definition) is 1. The van der Waals surface area contributed by atoms with Crippen molar-refractivity contribution in [3.05, 3.63) is 0 Å². The number of unbranched alkanes of at least 4 members (excludes halogenated alkanes) is 9. The first-order valence-corrected chi connectivity index (χ1v) is 7.90. The molecule has 1 N–H and O–H groups in total. The Labute approximate surface area is 114 Å². The lowest BCUT2D eigenvalue weighted by atomic mass is 10.1. The van der Waals surface area contributed by atoms with Gasteiger partial charge in [0, 0.05) is 6.42 Å². The standard InChI is InChI=1S/C10H22.C6H12O2/c1-3-5-7-9-10-8-6-4-2;1-2-3-4-5-6(7)8/h3-10H2,1-2H3;2-5H2,1H3,(H,7,8). The fraction of sp³-hybridized carbons (Fsp3) is 0.938. The predicted molar refractivity (Wildman–Crippen MR) is 80.1 cm³/mol. The highest BCUT2D eigenvalue weighted by Crippen LogP contribution is 2.07. The summed E-state index contributed by atoms with van der Waals surface area (Å²) in [7, 11) is 0. The quantitative estimate of drug-likeness (QED) is 0.476. The van der Waals surface area contributed by atoms with E-state index in [0.717, 1.165) is 19.3 Å². The Morgan fingerprint density at radius 1 is 0.667 bits per heavy atom. The third-order valence-corrected chi connectivity index (χ3v) is 2.95. The molecule has 0 saturated heterocycles. The summed E-state index contributed by atoms with van der Waals surface area (Å²) in [6, 6.07) is 0. The molecule has 0 rings (SSSR count). The Hall–Kier alpha value is -0.530. The van der Waals surface area contributed by atoms with Gasteiger partial charge in [0.05, 0.1) is 0 Å². The molecule has 0 fully saturated rings. The molecule has 0 aliphatic carbocycles. The molecule has 0 atom stereocenters. The van der Waals surface area contributed by atoms with E-state index in [1.165, 1.54) is 51.4 Å². The summed E-state index contributed by atoms with van der Waals surface area (Å²) >= 11 is 0. The summed E-state index contributed by atoms with van der Waals surface area (Å²) in [5.41, 5.74) is 0. The van der Waals surface area contributed by atoms with Crippen molar-refractivity contribution >= 4 is 5.97 Å². The highest BCUT2D eigenvalue weighted by Gasteiger charge is 1.92. The first-order valence-electron chi connectivity index (χ1n) is 7.90. The Bertz CT molecular complexity index is 147. The second kappa shape index (κ2) is 18.8. The average molecular weight is 258 g/mol. The van der Waals surface area contributed by atoms with Gasteiger partial charge in [0.1, 0.15) is 0 Å². The molecule has 2 heteroatoms. The van der Waals surface area contributed by atoms with E-state index < -0.39 is 5.97 Å². The number of hydrogen-bond acceptors (Lipinski definition) is 1. The maximum atomic E-state index is 9.87. The van der Waals surface area contributed by atoms with E-state index in [2.05, 4.69) is 20.8 Å². The van der Waals surface area contributed by atoms with Crippen LogP contribution in [-0.4, -0.2) is 11.1 Å². The van der Waals surface area contributed by atoms with Crippen LogP contribution in [0.2, 0.25) is 0 Å². The van der Waals surface area contributed by atoms with Crippen molar-refractivity contribution in [1.82, 2.24) is 0 Å². The van der Waals surface area contributed by atoms with Crippen LogP contribution in [0.4, 0.5) is 0 Å². The molecule has 0 aliphatic heterocycles. The second-order valence-corrected chi connectivity index (χ2v) is 4.97. The van der Waals surface area contributed by atoms with Gasteiger partial charge in [0.2, 0.25) is 0 Å². The van der Waals surface area contributed by atoms with Gasteiger partial charge in [-0.15, -0.1) is 0 Å². The molecule has 0 bridgehead atoms. The van der Waals surface area contributed by atoms with E-state index >= 15 is 0 Å². The zero-order chi connectivity index (χ0) is 14.1. The largest absolute Gasteiger partial charge is 0.481 e. The van der Waals surface area contributed by atoms with Crippen LogP contribution in [0.5, 0.6) is 0 Å². The Morgan fingerprint density at radius 3 is 1.33 bits per heavy atom. The maximum absolute atomic E-state index is 9.87. The lowest BCUT2D eigenvalue weighted by molar-refractivity contribution is -0.137. The zero-order valence-electron chi connectivity index (χ0n) is 12.8. The fourth-order valence-corrected chi connectivity index (χ4v) is 1.73. The third kappa shape index (κ3) is 24.6. The molecule has 0 radical (unpaired) electrons. The molecule has 0 saturated carbocycles. The molecule has 0 aliphatic rings. The SMILES string of the molecule is CCCCCC(=O)O.CCCCCCCCCC. The predicted octanol–water partition coefficient (Wildman–Crippen LogP) is 5.80. The monoisotopic (exact) mass is 258 g/mol. The molecule has 110 valence electrons. The van der Waals surface area contributed by atoms with Gasteiger partial charge >= 0.3 is 5.97 Å². The smallest absolute Gasteiger partial charge is 0.303 e. The minimum absolute atomic E-state index is 0.327. The van der Waals surface area contributed by atoms with Crippen molar-refractivity contribution in [3.8, 4) is 0 Å². The number of carbonyl (C=O) groups is 1. The lowest BCUT2D eigenvalue weighted by Crippen LogP contribution is -1.92. The summed E-state index contributed by atoms with van der Waals surface area (Å²) in [6.45, 7) is 6.60. The van der Waals surface area contributed by atoms with Crippen molar-refractivity contribution < 1.29 is 9.90 Å². The summed E-state index contributed by atoms with van der Waals surface area (Å²) < 4.78 is 0. The van der Waals surface area contributed by atoms with Gasteiger partial charge in [0.25, 0.3) is 0 Å². The molecule has 0 aromatic carbocycles. The van der Waals surface area contributed by atoms with Crippen LogP contribution in [-0.2, 0) is 4.79 Å². The van der Waals surface area contributed by atoms with Gasteiger partial charge in [-0.1, -0.05) is 85.0 Å². The summed E-state index contributed by atoms with van der Waals surface area (Å²) in [5.74, 6) is -0.682. The van der Waals surface area contributed by atoms with E-state index in [1.807, 2.05) is 0 Å². The number of aliphatic carboxylic acids is 1. The average Bonchev–Trinajstić information content (AvgIpc) is 2.34. The minimum atomic E-state index is -0.682. The highest BCUT2D eigenvalue weighted by molar-refractivity contribution is 5.66. The first-order chi connectivity index (χ1) is 8.68. The molecule has 0 aromatic heterocycles. The Morgan fingerprint density at radius 2 is 1.00 bits per heavy atom. The van der Waals surface area contributed by atoms with Gasteiger partial charge in [0.15, 0.2) is 0 Å². The Balaban J connectivity index is 0. The van der Waals surface area contributed by atoms with Gasteiger partial charge < -0.3 is 5.11 Å². The van der Waals surface area contributed by atoms with Crippen molar-refractivity contribution in [2.24, 2.45) is 0 Å². The van der Waals surface area contributed by atoms with Crippen molar-refractivity contribution in [3.63, 3.8) is 0 Å². The minimum Gasteiger partial charge on any atom is -0.481 e. The number of carboxylic acid groups (broad SMARTS) is 1. The van der Waals surface area contributed by atoms with Crippen LogP contribution < -0.4 is 0 Å². The molecular formula is C16H34O2. The molecular weight excluding hydrogens is 224 g/mol. The van der Waals surface area contributed by atoms with E-state index in [0.29, 0.717) is 6.42 Å². The van der Waals surface area contributed by atoms with Crippen LogP contribution in [0.1, 0.15) is 97.8 Å². The van der Waals surface area contributed by atoms with Gasteiger partial charge in [-0.25, -0.2) is 0 Å². The molecule has 0 spiro atoms. The van der Waals surface area contributed by atoms with Crippen LogP contribution in [0.25, 0.3) is 0 Å². The van der Waals surface area contributed by atoms with Gasteiger partial charge in [-0.05, 0) is 6.42 Å². The maximum Gasteiger partial charge on any atom is 0.303 e. The van der Waals surface area contributed by atoms with Crippen molar-refractivity contribution in [2.75, 3.05) is 0 Å². The molecule has 0 heterocycles. The third-order valence-electron chi connectivity index (χ3n) is 2.95. The highest BCUT2D eigenvalue weighted by atomic mass is 16.4. The molecule has 0 amide bonds. The van der Waals surface area contributed by atoms with Crippen LogP contribution in [0.3, 0.4) is 0 Å². The topological polar surface area (TPSA) is 37.3 Å². The van der Waals surface area contributed by atoms with Crippen LogP contribution >= 0.6 is 0 Å². The number of rotatable bonds is 11. The van der Waals surface area contributed by atoms with Gasteiger partial charge in [-0.2, -0.15) is 0 Å². The first kappa shape index (κ1) is 19.8. The zero-order valence-corrected chi connectivity index (χ0v) is 12.8. The van der Waals surface area contributed by atoms with Crippen LogP contribution in [0.15, 0.2) is 0 Å². The van der Waals surface area contributed by atoms with Crippen molar-refractivity contribution in [2.45, 2.75) is 97.8 Å².